The van der Waals surface area contributed by atoms with E-state index in [0.717, 1.165) is 5.56 Å². The van der Waals surface area contributed by atoms with Crippen LogP contribution in [0.4, 0.5) is 5.69 Å². The Hall–Kier alpha value is -2.60. The highest BCUT2D eigenvalue weighted by atomic mass is 32.1. The van der Waals surface area contributed by atoms with Crippen molar-refractivity contribution in [1.29, 1.82) is 0 Å². The minimum absolute atomic E-state index is 0.170. The van der Waals surface area contributed by atoms with Gasteiger partial charge in [0.15, 0.2) is 5.11 Å². The number of hydrogen-bond acceptors (Lipinski definition) is 3. The highest BCUT2D eigenvalue weighted by Gasteiger charge is 2.12. The number of carboxylic acids is 1. The van der Waals surface area contributed by atoms with Gasteiger partial charge in [-0.25, -0.2) is 4.79 Å². The van der Waals surface area contributed by atoms with Gasteiger partial charge in [-0.1, -0.05) is 30.3 Å². The maximum Gasteiger partial charge on any atom is 0.337 e. The number of thiocarbonyl (C=S) groups is 1. The fourth-order valence-electron chi connectivity index (χ4n) is 2.10. The highest BCUT2D eigenvalue weighted by Crippen LogP contribution is 2.17. The summed E-state index contributed by atoms with van der Waals surface area (Å²) in [6.45, 7) is 0.596. The van der Waals surface area contributed by atoms with Gasteiger partial charge in [-0.2, -0.15) is 0 Å². The van der Waals surface area contributed by atoms with Crippen molar-refractivity contribution in [1.82, 2.24) is 4.90 Å². The van der Waals surface area contributed by atoms with E-state index in [1.54, 1.807) is 35.2 Å². The van der Waals surface area contributed by atoms with Crippen molar-refractivity contribution in [3.8, 4) is 5.75 Å². The van der Waals surface area contributed by atoms with Gasteiger partial charge in [-0.15, -0.1) is 0 Å². The van der Waals surface area contributed by atoms with Gasteiger partial charge in [0.1, 0.15) is 5.75 Å². The lowest BCUT2D eigenvalue weighted by molar-refractivity contribution is 0.0698. The molecule has 6 heteroatoms. The molecule has 0 amide bonds. The molecule has 3 N–H and O–H groups in total. The van der Waals surface area contributed by atoms with Crippen molar-refractivity contribution in [3.63, 3.8) is 0 Å². The van der Waals surface area contributed by atoms with Crippen LogP contribution < -0.4 is 5.32 Å². The summed E-state index contributed by atoms with van der Waals surface area (Å²) in [5.74, 6) is -0.747. The summed E-state index contributed by atoms with van der Waals surface area (Å²) in [7, 11) is 1.82. The summed E-state index contributed by atoms with van der Waals surface area (Å²) in [6, 6.07) is 13.8. The highest BCUT2D eigenvalue weighted by molar-refractivity contribution is 7.80. The Morgan fingerprint density at radius 1 is 1.17 bits per heavy atom. The predicted molar refractivity (Wildman–Crippen MR) is 94.1 cm³/mol. The molecule has 5 nitrogen and oxygen atoms in total. The van der Waals surface area contributed by atoms with Gasteiger partial charge >= 0.3 is 5.97 Å². The number of para-hydroxylation sites is 2. The SMILES string of the molecule is CN(CCc1ccccc1O)C(=S)Nc1ccccc1C(=O)O. The van der Waals surface area contributed by atoms with Crippen LogP contribution in [0.25, 0.3) is 0 Å². The Kier molecular flexibility index (Phi) is 5.54. The average Bonchev–Trinajstić information content (AvgIpc) is 2.54. The second kappa shape index (κ2) is 7.60. The van der Waals surface area contributed by atoms with Crippen molar-refractivity contribution in [3.05, 3.63) is 59.7 Å². The van der Waals surface area contributed by atoms with Crippen molar-refractivity contribution < 1.29 is 15.0 Å². The molecule has 0 aliphatic rings. The molecule has 120 valence electrons. The fourth-order valence-corrected chi connectivity index (χ4v) is 2.30. The third-order valence-corrected chi connectivity index (χ3v) is 3.87. The molecule has 2 aromatic carbocycles. The number of carbonyl (C=O) groups is 1. The molecular formula is C17H18N2O3S. The normalized spacial score (nSPS) is 10.1. The molecule has 0 saturated carbocycles. The lowest BCUT2D eigenvalue weighted by Crippen LogP contribution is -2.33. The lowest BCUT2D eigenvalue weighted by atomic mass is 10.1. The van der Waals surface area contributed by atoms with Crippen LogP contribution in [0.1, 0.15) is 15.9 Å². The number of hydrogen-bond donors (Lipinski definition) is 3. The van der Waals surface area contributed by atoms with E-state index in [9.17, 15) is 15.0 Å². The van der Waals surface area contributed by atoms with E-state index in [0.29, 0.717) is 23.8 Å². The van der Waals surface area contributed by atoms with E-state index in [1.807, 2.05) is 19.2 Å². The summed E-state index contributed by atoms with van der Waals surface area (Å²) >= 11 is 5.31. The predicted octanol–water partition coefficient (Wildman–Crippen LogP) is 2.96. The molecule has 0 aliphatic carbocycles. The number of phenolic OH excluding ortho intramolecular Hbond substituents is 1. The number of carboxylic acid groups (broad SMARTS) is 1. The van der Waals surface area contributed by atoms with E-state index in [1.165, 1.54) is 6.07 Å². The number of nitrogens with one attached hydrogen (secondary N) is 1. The third kappa shape index (κ3) is 4.43. The van der Waals surface area contributed by atoms with Gasteiger partial charge in [0.05, 0.1) is 11.3 Å². The van der Waals surface area contributed by atoms with Crippen molar-refractivity contribution >= 4 is 29.0 Å². The summed E-state index contributed by atoms with van der Waals surface area (Å²) < 4.78 is 0. The van der Waals surface area contributed by atoms with Crippen molar-refractivity contribution in [2.45, 2.75) is 6.42 Å². The molecule has 0 fully saturated rings. The fraction of sp³-hybridized carbons (Fsp3) is 0.176. The van der Waals surface area contributed by atoms with Gasteiger partial charge < -0.3 is 20.4 Å². The van der Waals surface area contributed by atoms with Gasteiger partial charge in [0.2, 0.25) is 0 Å². The largest absolute Gasteiger partial charge is 0.508 e. The van der Waals surface area contributed by atoms with E-state index >= 15 is 0 Å². The van der Waals surface area contributed by atoms with E-state index in [-0.39, 0.29) is 11.3 Å². The first-order valence-electron chi connectivity index (χ1n) is 7.10. The number of anilines is 1. The van der Waals surface area contributed by atoms with Crippen LogP contribution in [0.15, 0.2) is 48.5 Å². The minimum Gasteiger partial charge on any atom is -0.508 e. The van der Waals surface area contributed by atoms with Crippen LogP contribution in [0.5, 0.6) is 5.75 Å². The summed E-state index contributed by atoms with van der Waals surface area (Å²) in [6.07, 6.45) is 0.631. The average molecular weight is 330 g/mol. The first-order valence-corrected chi connectivity index (χ1v) is 7.51. The third-order valence-electron chi connectivity index (χ3n) is 3.45. The second-order valence-electron chi connectivity index (χ2n) is 5.08. The van der Waals surface area contributed by atoms with Gasteiger partial charge in [0, 0.05) is 13.6 Å². The van der Waals surface area contributed by atoms with E-state index in [4.69, 9.17) is 12.2 Å². The first-order chi connectivity index (χ1) is 11.0. The smallest absolute Gasteiger partial charge is 0.337 e. The molecule has 23 heavy (non-hydrogen) atoms. The number of aromatic carboxylic acids is 1. The number of nitrogens with zero attached hydrogens (tertiary/aromatic N) is 1. The molecule has 0 saturated heterocycles. The zero-order valence-electron chi connectivity index (χ0n) is 12.7. The van der Waals surface area contributed by atoms with Crippen LogP contribution >= 0.6 is 12.2 Å². The molecule has 0 aliphatic heterocycles. The maximum absolute atomic E-state index is 11.2. The van der Waals surface area contributed by atoms with Crippen molar-refractivity contribution in [2.24, 2.45) is 0 Å². The Bertz CT molecular complexity index is 718. The molecule has 0 unspecified atom stereocenters. The summed E-state index contributed by atoms with van der Waals surface area (Å²) in [5.41, 5.74) is 1.47. The summed E-state index contributed by atoms with van der Waals surface area (Å²) in [5, 5.41) is 22.3. The van der Waals surface area contributed by atoms with E-state index < -0.39 is 5.97 Å². The first kappa shape index (κ1) is 16.8. The molecule has 0 aromatic heterocycles. The van der Waals surface area contributed by atoms with Crippen LogP contribution in [0, 0.1) is 0 Å². The standard InChI is InChI=1S/C17H18N2O3S/c1-19(11-10-12-6-2-5-9-15(12)20)17(23)18-14-8-4-3-7-13(14)16(21)22/h2-9,20H,10-11H2,1H3,(H,18,23)(H,21,22). The van der Waals surface area contributed by atoms with Crippen LogP contribution in [0.2, 0.25) is 0 Å². The van der Waals surface area contributed by atoms with Crippen LogP contribution in [0.3, 0.4) is 0 Å². The molecule has 2 aromatic rings. The maximum atomic E-state index is 11.2. The quantitative estimate of drug-likeness (QED) is 0.732. The summed E-state index contributed by atoms with van der Waals surface area (Å²) in [4.78, 5) is 13.0. The van der Waals surface area contributed by atoms with Crippen LogP contribution in [-0.2, 0) is 6.42 Å². The molecule has 0 spiro atoms. The minimum atomic E-state index is -1.01. The number of likely N-dealkylation sites (N-methyl/N-ethyl adjacent to an activating group) is 1. The topological polar surface area (TPSA) is 72.8 Å². The Morgan fingerprint density at radius 2 is 1.83 bits per heavy atom. The number of phenols is 1. The number of benzene rings is 2. The molecule has 0 bridgehead atoms. The lowest BCUT2D eigenvalue weighted by Gasteiger charge is -2.22. The van der Waals surface area contributed by atoms with Gasteiger partial charge in [0.25, 0.3) is 0 Å². The number of aromatic hydroxyl groups is 1. The number of rotatable bonds is 5. The van der Waals surface area contributed by atoms with Crippen molar-refractivity contribution in [2.75, 3.05) is 18.9 Å². The Labute approximate surface area is 140 Å². The van der Waals surface area contributed by atoms with E-state index in [2.05, 4.69) is 5.32 Å². The molecule has 0 radical (unpaired) electrons. The molecule has 0 atom stereocenters. The Morgan fingerprint density at radius 3 is 2.52 bits per heavy atom. The van der Waals surface area contributed by atoms with Crippen LogP contribution in [-0.4, -0.2) is 39.8 Å². The monoisotopic (exact) mass is 330 g/mol. The molecule has 2 rings (SSSR count). The van der Waals surface area contributed by atoms with Gasteiger partial charge in [-0.3, -0.25) is 0 Å². The molecular weight excluding hydrogens is 312 g/mol. The Balaban J connectivity index is 1.98. The zero-order valence-corrected chi connectivity index (χ0v) is 13.5. The molecule has 0 heterocycles. The zero-order chi connectivity index (χ0) is 16.8. The second-order valence-corrected chi connectivity index (χ2v) is 5.47. The van der Waals surface area contributed by atoms with Gasteiger partial charge in [-0.05, 0) is 42.4 Å².